The second kappa shape index (κ2) is 8.51. The number of unbranched alkanes of at least 4 members (excludes halogenated alkanes) is 4. The van der Waals surface area contributed by atoms with Gasteiger partial charge in [0, 0.05) is 6.04 Å². The van der Waals surface area contributed by atoms with E-state index in [9.17, 15) is 4.79 Å². The largest absolute Gasteiger partial charge is 0.460 e. The molecule has 0 heterocycles. The standard InChI is InChI=1S/C14H29NO2/c1-5-6-7-8-9-10-12(15)11-13(16)17-14(2,3)4/h12H,5-11,15H2,1-4H3. The first kappa shape index (κ1) is 16.4. The first-order valence-corrected chi connectivity index (χ1v) is 6.82. The molecule has 0 saturated carbocycles. The minimum Gasteiger partial charge on any atom is -0.460 e. The fourth-order valence-corrected chi connectivity index (χ4v) is 1.71. The molecule has 17 heavy (non-hydrogen) atoms. The Balaban J connectivity index is 3.57. The minimum absolute atomic E-state index is 0.0496. The van der Waals surface area contributed by atoms with Crippen molar-refractivity contribution >= 4 is 5.97 Å². The van der Waals surface area contributed by atoms with E-state index >= 15 is 0 Å². The Bertz CT molecular complexity index is 209. The average Bonchev–Trinajstić information content (AvgIpc) is 2.14. The summed E-state index contributed by atoms with van der Waals surface area (Å²) in [5.74, 6) is -0.182. The molecule has 0 aromatic heterocycles. The van der Waals surface area contributed by atoms with Crippen molar-refractivity contribution in [3.8, 4) is 0 Å². The van der Waals surface area contributed by atoms with E-state index < -0.39 is 5.60 Å². The van der Waals surface area contributed by atoms with Gasteiger partial charge in [-0.05, 0) is 27.2 Å². The van der Waals surface area contributed by atoms with Gasteiger partial charge in [0.1, 0.15) is 5.60 Å². The van der Waals surface area contributed by atoms with E-state index in [1.807, 2.05) is 20.8 Å². The lowest BCUT2D eigenvalue weighted by molar-refractivity contribution is -0.155. The molecule has 0 aromatic carbocycles. The van der Waals surface area contributed by atoms with Crippen LogP contribution in [0, 0.1) is 0 Å². The third kappa shape index (κ3) is 11.7. The minimum atomic E-state index is -0.405. The zero-order valence-corrected chi connectivity index (χ0v) is 11.9. The molecule has 0 aromatic rings. The number of carbonyl (C=O) groups is 1. The highest BCUT2D eigenvalue weighted by Crippen LogP contribution is 2.12. The fourth-order valence-electron chi connectivity index (χ4n) is 1.71. The smallest absolute Gasteiger partial charge is 0.307 e. The zero-order valence-electron chi connectivity index (χ0n) is 11.9. The summed E-state index contributed by atoms with van der Waals surface area (Å²) in [6.07, 6.45) is 7.41. The Labute approximate surface area is 106 Å². The first-order valence-electron chi connectivity index (χ1n) is 6.82. The quantitative estimate of drug-likeness (QED) is 0.525. The molecule has 0 aliphatic heterocycles. The molecule has 0 amide bonds. The summed E-state index contributed by atoms with van der Waals surface area (Å²) < 4.78 is 5.23. The molecule has 2 N–H and O–H groups in total. The third-order valence-corrected chi connectivity index (χ3v) is 2.53. The maximum atomic E-state index is 11.5. The van der Waals surface area contributed by atoms with E-state index in [0.29, 0.717) is 6.42 Å². The normalized spacial score (nSPS) is 13.5. The highest BCUT2D eigenvalue weighted by atomic mass is 16.6. The maximum Gasteiger partial charge on any atom is 0.307 e. The first-order chi connectivity index (χ1) is 7.85. The summed E-state index contributed by atoms with van der Waals surface area (Å²) in [6.45, 7) is 7.83. The molecule has 3 heteroatoms. The predicted octanol–water partition coefficient (Wildman–Crippen LogP) is 3.41. The van der Waals surface area contributed by atoms with Crippen LogP contribution in [-0.4, -0.2) is 17.6 Å². The topological polar surface area (TPSA) is 52.3 Å². The molecule has 0 aliphatic carbocycles. The number of carbonyl (C=O) groups excluding carboxylic acids is 1. The Morgan fingerprint density at radius 1 is 1.18 bits per heavy atom. The van der Waals surface area contributed by atoms with Gasteiger partial charge in [0.25, 0.3) is 0 Å². The lowest BCUT2D eigenvalue weighted by Gasteiger charge is -2.20. The molecule has 0 spiro atoms. The van der Waals surface area contributed by atoms with Crippen molar-refractivity contribution in [2.75, 3.05) is 0 Å². The monoisotopic (exact) mass is 243 g/mol. The average molecular weight is 243 g/mol. The van der Waals surface area contributed by atoms with Crippen molar-refractivity contribution in [2.24, 2.45) is 5.73 Å². The molecule has 0 fully saturated rings. The Morgan fingerprint density at radius 3 is 2.29 bits per heavy atom. The molecule has 0 saturated heterocycles. The summed E-state index contributed by atoms with van der Waals surface area (Å²) >= 11 is 0. The van der Waals surface area contributed by atoms with Gasteiger partial charge in [0.2, 0.25) is 0 Å². The van der Waals surface area contributed by atoms with Crippen molar-refractivity contribution < 1.29 is 9.53 Å². The van der Waals surface area contributed by atoms with E-state index in [-0.39, 0.29) is 12.0 Å². The zero-order chi connectivity index (χ0) is 13.3. The molecule has 102 valence electrons. The van der Waals surface area contributed by atoms with E-state index in [4.69, 9.17) is 10.5 Å². The van der Waals surface area contributed by atoms with E-state index in [1.165, 1.54) is 25.7 Å². The summed E-state index contributed by atoms with van der Waals surface area (Å²) in [6, 6.07) is -0.0496. The summed E-state index contributed by atoms with van der Waals surface area (Å²) in [7, 11) is 0. The van der Waals surface area contributed by atoms with Crippen LogP contribution in [0.4, 0.5) is 0 Å². The molecule has 0 bridgehead atoms. The van der Waals surface area contributed by atoms with Gasteiger partial charge in [-0.15, -0.1) is 0 Å². The number of hydrogen-bond donors (Lipinski definition) is 1. The molecule has 0 aliphatic rings. The van der Waals surface area contributed by atoms with Crippen LogP contribution in [0.1, 0.15) is 72.6 Å². The van der Waals surface area contributed by atoms with Gasteiger partial charge in [0.05, 0.1) is 6.42 Å². The van der Waals surface area contributed by atoms with Crippen LogP contribution in [-0.2, 0) is 9.53 Å². The second-order valence-corrected chi connectivity index (χ2v) is 5.75. The van der Waals surface area contributed by atoms with Crippen LogP contribution in [0.25, 0.3) is 0 Å². The van der Waals surface area contributed by atoms with Crippen LogP contribution in [0.5, 0.6) is 0 Å². The summed E-state index contributed by atoms with van der Waals surface area (Å²) in [5.41, 5.74) is 5.50. The fraction of sp³-hybridized carbons (Fsp3) is 0.929. The molecule has 0 rings (SSSR count). The van der Waals surface area contributed by atoms with Crippen LogP contribution in [0.2, 0.25) is 0 Å². The van der Waals surface area contributed by atoms with Crippen molar-refractivity contribution in [2.45, 2.75) is 84.3 Å². The van der Waals surface area contributed by atoms with Gasteiger partial charge in [-0.1, -0.05) is 39.0 Å². The lowest BCUT2D eigenvalue weighted by atomic mass is 10.0. The second-order valence-electron chi connectivity index (χ2n) is 5.75. The predicted molar refractivity (Wildman–Crippen MR) is 71.8 cm³/mol. The van der Waals surface area contributed by atoms with Gasteiger partial charge in [-0.2, -0.15) is 0 Å². The number of esters is 1. The van der Waals surface area contributed by atoms with E-state index in [0.717, 1.165) is 12.8 Å². The highest BCUT2D eigenvalue weighted by molar-refractivity contribution is 5.70. The van der Waals surface area contributed by atoms with Crippen molar-refractivity contribution in [3.05, 3.63) is 0 Å². The van der Waals surface area contributed by atoms with Crippen LogP contribution in [0.15, 0.2) is 0 Å². The third-order valence-electron chi connectivity index (χ3n) is 2.53. The van der Waals surface area contributed by atoms with E-state index in [1.54, 1.807) is 0 Å². The van der Waals surface area contributed by atoms with Gasteiger partial charge in [-0.25, -0.2) is 0 Å². The molecule has 0 radical (unpaired) electrons. The van der Waals surface area contributed by atoms with Crippen LogP contribution >= 0.6 is 0 Å². The number of rotatable bonds is 8. The Kier molecular flexibility index (Phi) is 8.23. The van der Waals surface area contributed by atoms with Crippen molar-refractivity contribution in [1.82, 2.24) is 0 Å². The van der Waals surface area contributed by atoms with E-state index in [2.05, 4.69) is 6.92 Å². The Hall–Kier alpha value is -0.570. The molecule has 3 nitrogen and oxygen atoms in total. The maximum absolute atomic E-state index is 11.5. The lowest BCUT2D eigenvalue weighted by Crippen LogP contribution is -2.30. The van der Waals surface area contributed by atoms with Crippen molar-refractivity contribution in [1.29, 1.82) is 0 Å². The van der Waals surface area contributed by atoms with Crippen molar-refractivity contribution in [3.63, 3.8) is 0 Å². The SMILES string of the molecule is CCCCCCCC(N)CC(=O)OC(C)(C)C. The molecular weight excluding hydrogens is 214 g/mol. The van der Waals surface area contributed by atoms with Gasteiger partial charge in [0.15, 0.2) is 0 Å². The summed E-state index contributed by atoms with van der Waals surface area (Å²) in [4.78, 5) is 11.5. The van der Waals surface area contributed by atoms with Gasteiger partial charge < -0.3 is 10.5 Å². The number of ether oxygens (including phenoxy) is 1. The molecular formula is C14H29NO2. The molecule has 1 unspecified atom stereocenters. The highest BCUT2D eigenvalue weighted by Gasteiger charge is 2.18. The molecule has 1 atom stereocenters. The van der Waals surface area contributed by atoms with Crippen LogP contribution < -0.4 is 5.73 Å². The van der Waals surface area contributed by atoms with Crippen LogP contribution in [0.3, 0.4) is 0 Å². The summed E-state index contributed by atoms with van der Waals surface area (Å²) in [5, 5.41) is 0. The number of hydrogen-bond acceptors (Lipinski definition) is 3. The van der Waals surface area contributed by atoms with Gasteiger partial charge >= 0.3 is 5.97 Å². The number of nitrogens with two attached hydrogens (primary N) is 1. The Morgan fingerprint density at radius 2 is 1.76 bits per heavy atom. The van der Waals surface area contributed by atoms with Gasteiger partial charge in [-0.3, -0.25) is 4.79 Å².